The standard InChI is InChI=1S/C24H31BrN2O3Si/c1-23(2,3)27-20(31(7)8)12-15-11-17(14-26-21(15)27)29-19-13-16(25)9-10-18(19)22(28)30-24(4,5)6/h9-14,31H,1-8H3. The SMILES string of the molecule is C[SiH](C)c1cc2cc(Oc3cc(Br)ccc3C(=O)OC(C)(C)C)cnc2n1C(C)(C)C. The molecule has 0 aliphatic heterocycles. The number of halogens is 1. The molecule has 0 radical (unpaired) electrons. The molecule has 2 aromatic heterocycles. The quantitative estimate of drug-likeness (QED) is 0.324. The topological polar surface area (TPSA) is 53.4 Å². The van der Waals surface area contributed by atoms with Crippen LogP contribution in [-0.4, -0.2) is 29.9 Å². The van der Waals surface area contributed by atoms with E-state index in [2.05, 4.69) is 60.4 Å². The first-order valence-electron chi connectivity index (χ1n) is 10.5. The Labute approximate surface area is 194 Å². The van der Waals surface area contributed by atoms with Gasteiger partial charge in [-0.25, -0.2) is 9.78 Å². The number of hydrogen-bond acceptors (Lipinski definition) is 4. The van der Waals surface area contributed by atoms with Crippen molar-refractivity contribution in [1.82, 2.24) is 9.55 Å². The molecule has 7 heteroatoms. The fourth-order valence-corrected chi connectivity index (χ4v) is 5.37. The minimum absolute atomic E-state index is 0.0576. The van der Waals surface area contributed by atoms with E-state index in [4.69, 9.17) is 14.5 Å². The molecule has 3 aromatic rings. The second-order valence-corrected chi connectivity index (χ2v) is 13.9. The minimum Gasteiger partial charge on any atom is -0.456 e. The predicted molar refractivity (Wildman–Crippen MR) is 133 cm³/mol. The smallest absolute Gasteiger partial charge is 0.342 e. The first kappa shape index (κ1) is 23.5. The average molecular weight is 504 g/mol. The summed E-state index contributed by atoms with van der Waals surface area (Å²) in [4.78, 5) is 17.4. The van der Waals surface area contributed by atoms with Crippen LogP contribution in [0.15, 0.2) is 41.0 Å². The van der Waals surface area contributed by atoms with E-state index in [-0.39, 0.29) is 5.54 Å². The molecule has 0 bridgehead atoms. The first-order chi connectivity index (χ1) is 14.3. The Morgan fingerprint density at radius 1 is 1.06 bits per heavy atom. The predicted octanol–water partition coefficient (Wildman–Crippen LogP) is 6.00. The number of ether oxygens (including phenoxy) is 2. The molecule has 0 atom stereocenters. The van der Waals surface area contributed by atoms with E-state index in [1.165, 1.54) is 5.32 Å². The van der Waals surface area contributed by atoms with Crippen LogP contribution in [0.25, 0.3) is 11.0 Å². The van der Waals surface area contributed by atoms with Crippen molar-refractivity contribution in [3.63, 3.8) is 0 Å². The summed E-state index contributed by atoms with van der Waals surface area (Å²) in [7, 11) is -1.06. The monoisotopic (exact) mass is 502 g/mol. The van der Waals surface area contributed by atoms with Gasteiger partial charge in [-0.1, -0.05) is 29.0 Å². The van der Waals surface area contributed by atoms with Crippen LogP contribution < -0.4 is 10.1 Å². The van der Waals surface area contributed by atoms with E-state index < -0.39 is 20.4 Å². The highest BCUT2D eigenvalue weighted by Gasteiger charge is 2.24. The fraction of sp³-hybridized carbons (Fsp3) is 0.417. The second kappa shape index (κ2) is 8.43. The van der Waals surface area contributed by atoms with Gasteiger partial charge in [-0.2, -0.15) is 0 Å². The normalized spacial score (nSPS) is 12.5. The Morgan fingerprint density at radius 2 is 1.74 bits per heavy atom. The molecular weight excluding hydrogens is 472 g/mol. The van der Waals surface area contributed by atoms with Crippen LogP contribution in [0.3, 0.4) is 0 Å². The molecule has 0 saturated carbocycles. The Hall–Kier alpha value is -2.12. The third-order valence-electron chi connectivity index (χ3n) is 4.70. The van der Waals surface area contributed by atoms with Crippen molar-refractivity contribution >= 4 is 47.0 Å². The first-order valence-corrected chi connectivity index (χ1v) is 14.2. The fourth-order valence-electron chi connectivity index (χ4n) is 3.49. The Bertz CT molecular complexity index is 1120. The molecule has 0 N–H and O–H groups in total. The van der Waals surface area contributed by atoms with Crippen LogP contribution in [0.2, 0.25) is 13.1 Å². The van der Waals surface area contributed by atoms with E-state index in [9.17, 15) is 4.79 Å². The number of nitrogens with zero attached hydrogens (tertiary/aromatic N) is 2. The molecule has 166 valence electrons. The molecule has 0 aliphatic carbocycles. The van der Waals surface area contributed by atoms with Crippen LogP contribution in [0, 0.1) is 0 Å². The zero-order chi connectivity index (χ0) is 23.1. The highest BCUT2D eigenvalue weighted by molar-refractivity contribution is 9.10. The molecular formula is C24H31BrN2O3Si. The lowest BCUT2D eigenvalue weighted by Gasteiger charge is -2.26. The van der Waals surface area contributed by atoms with Gasteiger partial charge in [0.25, 0.3) is 0 Å². The summed E-state index contributed by atoms with van der Waals surface area (Å²) in [6.07, 6.45) is 1.72. The molecule has 0 amide bonds. The molecule has 3 rings (SSSR count). The lowest BCUT2D eigenvalue weighted by Crippen LogP contribution is -2.38. The third-order valence-corrected chi connectivity index (χ3v) is 6.80. The van der Waals surface area contributed by atoms with Crippen molar-refractivity contribution in [1.29, 1.82) is 0 Å². The van der Waals surface area contributed by atoms with E-state index in [1.54, 1.807) is 24.4 Å². The maximum absolute atomic E-state index is 12.7. The van der Waals surface area contributed by atoms with E-state index >= 15 is 0 Å². The summed E-state index contributed by atoms with van der Waals surface area (Å²) >= 11 is 3.46. The second-order valence-electron chi connectivity index (χ2n) is 10.1. The number of hydrogen-bond donors (Lipinski definition) is 0. The molecule has 5 nitrogen and oxygen atoms in total. The van der Waals surface area contributed by atoms with Crippen molar-refractivity contribution in [2.24, 2.45) is 0 Å². The largest absolute Gasteiger partial charge is 0.456 e. The van der Waals surface area contributed by atoms with E-state index in [0.717, 1.165) is 15.5 Å². The summed E-state index contributed by atoms with van der Waals surface area (Å²) in [6.45, 7) is 16.8. The number of benzene rings is 1. The Morgan fingerprint density at radius 3 is 2.32 bits per heavy atom. The van der Waals surface area contributed by atoms with Crippen molar-refractivity contribution in [3.05, 3.63) is 46.6 Å². The Kier molecular flexibility index (Phi) is 6.40. The van der Waals surface area contributed by atoms with Gasteiger partial charge in [0.2, 0.25) is 0 Å². The maximum atomic E-state index is 12.7. The summed E-state index contributed by atoms with van der Waals surface area (Å²) < 4.78 is 14.8. The highest BCUT2D eigenvalue weighted by atomic mass is 79.9. The average Bonchev–Trinajstić information content (AvgIpc) is 2.99. The van der Waals surface area contributed by atoms with Crippen LogP contribution >= 0.6 is 15.9 Å². The number of aromatic nitrogens is 2. The van der Waals surface area contributed by atoms with E-state index in [0.29, 0.717) is 17.1 Å². The molecule has 0 saturated heterocycles. The van der Waals surface area contributed by atoms with Gasteiger partial charge in [-0.05, 0) is 71.9 Å². The molecule has 0 aliphatic rings. The lowest BCUT2D eigenvalue weighted by molar-refractivity contribution is 0.00671. The highest BCUT2D eigenvalue weighted by Crippen LogP contribution is 2.32. The van der Waals surface area contributed by atoms with Crippen LogP contribution in [0.1, 0.15) is 51.9 Å². The number of rotatable bonds is 4. The molecule has 1 aromatic carbocycles. The van der Waals surface area contributed by atoms with Gasteiger partial charge in [0.05, 0.1) is 15.0 Å². The van der Waals surface area contributed by atoms with E-state index in [1.807, 2.05) is 26.8 Å². The van der Waals surface area contributed by atoms with Crippen molar-refractivity contribution < 1.29 is 14.3 Å². The summed E-state index contributed by atoms with van der Waals surface area (Å²) in [6, 6.07) is 9.50. The lowest BCUT2D eigenvalue weighted by atomic mass is 10.1. The zero-order valence-corrected chi connectivity index (χ0v) is 22.3. The van der Waals surface area contributed by atoms with Crippen molar-refractivity contribution in [2.75, 3.05) is 0 Å². The number of esters is 1. The summed E-state index contributed by atoms with van der Waals surface area (Å²) in [5, 5.41) is 2.40. The van der Waals surface area contributed by atoms with Crippen LogP contribution in [-0.2, 0) is 10.3 Å². The summed E-state index contributed by atoms with van der Waals surface area (Å²) in [5.41, 5.74) is 0.686. The van der Waals surface area contributed by atoms with Crippen molar-refractivity contribution in [3.8, 4) is 11.5 Å². The van der Waals surface area contributed by atoms with Gasteiger partial charge in [-0.3, -0.25) is 0 Å². The number of pyridine rings is 1. The molecule has 0 spiro atoms. The molecule has 0 fully saturated rings. The minimum atomic E-state index is -1.06. The van der Waals surface area contributed by atoms with Crippen LogP contribution in [0.5, 0.6) is 11.5 Å². The number of carbonyl (C=O) groups is 1. The molecule has 0 unspecified atom stereocenters. The Balaban J connectivity index is 2.03. The third kappa shape index (κ3) is 5.38. The van der Waals surface area contributed by atoms with Gasteiger partial charge in [0.15, 0.2) is 0 Å². The zero-order valence-electron chi connectivity index (χ0n) is 19.5. The molecule has 31 heavy (non-hydrogen) atoms. The van der Waals surface area contributed by atoms with Gasteiger partial charge < -0.3 is 14.0 Å². The molecule has 2 heterocycles. The van der Waals surface area contributed by atoms with Gasteiger partial charge in [0.1, 0.15) is 28.3 Å². The van der Waals surface area contributed by atoms with Gasteiger partial charge >= 0.3 is 5.97 Å². The van der Waals surface area contributed by atoms with Gasteiger partial charge in [0, 0.05) is 20.7 Å². The summed E-state index contributed by atoms with van der Waals surface area (Å²) in [5.74, 6) is 0.591. The van der Waals surface area contributed by atoms with Crippen molar-refractivity contribution in [2.45, 2.75) is 65.8 Å². The maximum Gasteiger partial charge on any atom is 0.342 e. The number of fused-ring (bicyclic) bond motifs is 1. The van der Waals surface area contributed by atoms with Crippen LogP contribution in [0.4, 0.5) is 0 Å². The van der Waals surface area contributed by atoms with Gasteiger partial charge in [-0.15, -0.1) is 0 Å². The number of carbonyl (C=O) groups excluding carboxylic acids is 1.